The van der Waals surface area contributed by atoms with Gasteiger partial charge >= 0.3 is 6.09 Å². The van der Waals surface area contributed by atoms with Gasteiger partial charge in [-0.2, -0.15) is 0 Å². The van der Waals surface area contributed by atoms with E-state index in [1.54, 1.807) is 7.11 Å². The molecular weight excluding hydrogens is 278 g/mol. The van der Waals surface area contributed by atoms with Crippen molar-refractivity contribution >= 4 is 6.09 Å². The van der Waals surface area contributed by atoms with Crippen LogP contribution in [0.4, 0.5) is 4.79 Å². The van der Waals surface area contributed by atoms with Gasteiger partial charge in [0, 0.05) is 7.11 Å². The number of fused-ring (bicyclic) bond motifs is 1. The summed E-state index contributed by atoms with van der Waals surface area (Å²) in [5.74, 6) is -0.760. The summed E-state index contributed by atoms with van der Waals surface area (Å²) in [6, 6.07) is -0.442. The van der Waals surface area contributed by atoms with Crippen LogP contribution >= 0.6 is 0 Å². The Balaban J connectivity index is 2.23. The summed E-state index contributed by atoms with van der Waals surface area (Å²) in [4.78, 5) is 11.1. The number of ether oxygens (including phenoxy) is 4. The van der Waals surface area contributed by atoms with Crippen LogP contribution in [0, 0.1) is 0 Å². The molecule has 0 saturated carbocycles. The van der Waals surface area contributed by atoms with Crippen molar-refractivity contribution in [3.8, 4) is 0 Å². The Labute approximate surface area is 124 Å². The number of carbonyl (C=O) groups is 1. The van der Waals surface area contributed by atoms with E-state index >= 15 is 0 Å². The molecule has 1 amide bonds. The van der Waals surface area contributed by atoms with Crippen molar-refractivity contribution in [3.63, 3.8) is 0 Å². The van der Waals surface area contributed by atoms with Crippen LogP contribution in [0.25, 0.3) is 0 Å². The van der Waals surface area contributed by atoms with E-state index in [1.807, 2.05) is 20.8 Å². The first-order chi connectivity index (χ1) is 9.88. The van der Waals surface area contributed by atoms with Gasteiger partial charge in [-0.05, 0) is 20.3 Å². The third-order valence-corrected chi connectivity index (χ3v) is 3.83. The van der Waals surface area contributed by atoms with E-state index < -0.39 is 17.9 Å². The van der Waals surface area contributed by atoms with E-state index in [9.17, 15) is 4.79 Å². The van der Waals surface area contributed by atoms with Crippen LogP contribution in [0.5, 0.6) is 0 Å². The highest BCUT2D eigenvalue weighted by molar-refractivity contribution is 5.65. The number of rotatable bonds is 5. The zero-order valence-electron chi connectivity index (χ0n) is 13.0. The molecular formula is C14H25NO6. The molecule has 0 bridgehead atoms. The second-order valence-electron chi connectivity index (χ2n) is 6.00. The molecule has 0 radical (unpaired) electrons. The van der Waals surface area contributed by atoms with Crippen molar-refractivity contribution in [2.24, 2.45) is 0 Å². The van der Waals surface area contributed by atoms with Crippen molar-refractivity contribution in [1.82, 2.24) is 5.32 Å². The van der Waals surface area contributed by atoms with Crippen LogP contribution < -0.4 is 5.32 Å². The quantitative estimate of drug-likeness (QED) is 0.797. The Hall–Kier alpha value is -0.890. The molecule has 0 aromatic heterocycles. The molecule has 122 valence electrons. The summed E-state index contributed by atoms with van der Waals surface area (Å²) in [6.07, 6.45) is -0.661. The largest absolute Gasteiger partial charge is 0.465 e. The lowest BCUT2D eigenvalue weighted by Gasteiger charge is -2.42. The van der Waals surface area contributed by atoms with Crippen molar-refractivity contribution in [2.45, 2.75) is 69.9 Å². The first kappa shape index (κ1) is 16.5. The van der Waals surface area contributed by atoms with Crippen LogP contribution in [0.2, 0.25) is 0 Å². The second-order valence-corrected chi connectivity index (χ2v) is 6.00. The fourth-order valence-electron chi connectivity index (χ4n) is 3.13. The highest BCUT2D eigenvalue weighted by Gasteiger charge is 2.55. The standard InChI is InChI=1S/C14H25NO6/c1-5-6-8-10(15-13(16)17)12-11(9(19-8)7-18-4)20-14(2,3)21-12/h8-12,15H,5-7H2,1-4H3,(H,16,17)/t8-,9-,10+,11+,12-/m1/s1. The smallest absolute Gasteiger partial charge is 0.405 e. The minimum absolute atomic E-state index is 0.245. The number of amides is 1. The zero-order chi connectivity index (χ0) is 15.6. The maximum atomic E-state index is 11.1. The molecule has 0 spiro atoms. The van der Waals surface area contributed by atoms with Crippen LogP contribution in [-0.2, 0) is 18.9 Å². The summed E-state index contributed by atoms with van der Waals surface area (Å²) in [5, 5.41) is 11.6. The molecule has 5 atom stereocenters. The van der Waals surface area contributed by atoms with Crippen LogP contribution in [0.1, 0.15) is 33.6 Å². The van der Waals surface area contributed by atoms with Crippen LogP contribution in [0.3, 0.4) is 0 Å². The van der Waals surface area contributed by atoms with Crippen molar-refractivity contribution in [3.05, 3.63) is 0 Å². The Morgan fingerprint density at radius 3 is 2.52 bits per heavy atom. The first-order valence-corrected chi connectivity index (χ1v) is 7.37. The molecule has 0 aromatic carbocycles. The fraction of sp³-hybridized carbons (Fsp3) is 0.929. The highest BCUT2D eigenvalue weighted by atomic mass is 16.8. The molecule has 21 heavy (non-hydrogen) atoms. The van der Waals surface area contributed by atoms with E-state index in [-0.39, 0.29) is 24.4 Å². The molecule has 0 aromatic rings. The normalized spacial score (nSPS) is 38.0. The molecule has 2 aliphatic heterocycles. The third kappa shape index (κ3) is 3.66. The Morgan fingerprint density at radius 1 is 1.29 bits per heavy atom. The van der Waals surface area contributed by atoms with Gasteiger partial charge in [0.15, 0.2) is 5.79 Å². The van der Waals surface area contributed by atoms with Gasteiger partial charge in [0.1, 0.15) is 18.3 Å². The summed E-state index contributed by atoms with van der Waals surface area (Å²) in [7, 11) is 1.61. The van der Waals surface area contributed by atoms with Crippen molar-refractivity contribution < 1.29 is 28.8 Å². The average Bonchev–Trinajstić information content (AvgIpc) is 2.70. The number of nitrogens with one attached hydrogen (secondary N) is 1. The lowest BCUT2D eigenvalue weighted by molar-refractivity contribution is -0.172. The van der Waals surface area contributed by atoms with Gasteiger partial charge in [-0.25, -0.2) is 4.79 Å². The van der Waals surface area contributed by atoms with E-state index in [0.717, 1.165) is 12.8 Å². The molecule has 2 aliphatic rings. The SMILES string of the molecule is CCC[C@H]1O[C@H](COC)[C@@H]2OC(C)(C)O[C@@H]2[C@H]1NC(=O)O. The first-order valence-electron chi connectivity index (χ1n) is 7.37. The molecule has 0 unspecified atom stereocenters. The lowest BCUT2D eigenvalue weighted by Crippen LogP contribution is -2.63. The van der Waals surface area contributed by atoms with Gasteiger partial charge < -0.3 is 29.4 Å². The fourth-order valence-corrected chi connectivity index (χ4v) is 3.13. The molecule has 2 N–H and O–H groups in total. The molecule has 2 rings (SSSR count). The summed E-state index contributed by atoms with van der Waals surface area (Å²) >= 11 is 0. The lowest BCUT2D eigenvalue weighted by atomic mass is 9.91. The van der Waals surface area contributed by atoms with E-state index in [1.165, 1.54) is 0 Å². The summed E-state index contributed by atoms with van der Waals surface area (Å²) in [5.41, 5.74) is 0. The number of methoxy groups -OCH3 is 1. The van der Waals surface area contributed by atoms with Crippen molar-refractivity contribution in [2.75, 3.05) is 13.7 Å². The van der Waals surface area contributed by atoms with Gasteiger partial charge in [-0.15, -0.1) is 0 Å². The van der Waals surface area contributed by atoms with E-state index in [2.05, 4.69) is 5.32 Å². The topological polar surface area (TPSA) is 86.3 Å². The number of hydrogen-bond donors (Lipinski definition) is 2. The maximum Gasteiger partial charge on any atom is 0.405 e. The monoisotopic (exact) mass is 303 g/mol. The summed E-state index contributed by atoms with van der Waals surface area (Å²) in [6.45, 7) is 6.07. The minimum Gasteiger partial charge on any atom is -0.465 e. The van der Waals surface area contributed by atoms with E-state index in [0.29, 0.717) is 6.61 Å². The third-order valence-electron chi connectivity index (χ3n) is 3.83. The molecule has 2 heterocycles. The van der Waals surface area contributed by atoms with Crippen LogP contribution in [-0.4, -0.2) is 61.2 Å². The van der Waals surface area contributed by atoms with Crippen molar-refractivity contribution in [1.29, 1.82) is 0 Å². The number of hydrogen-bond acceptors (Lipinski definition) is 5. The predicted molar refractivity (Wildman–Crippen MR) is 74.2 cm³/mol. The average molecular weight is 303 g/mol. The molecule has 2 saturated heterocycles. The van der Waals surface area contributed by atoms with Gasteiger partial charge in [0.25, 0.3) is 0 Å². The highest BCUT2D eigenvalue weighted by Crippen LogP contribution is 2.38. The maximum absolute atomic E-state index is 11.1. The van der Waals surface area contributed by atoms with Gasteiger partial charge in [-0.1, -0.05) is 13.3 Å². The molecule has 0 aliphatic carbocycles. The van der Waals surface area contributed by atoms with Crippen LogP contribution in [0.15, 0.2) is 0 Å². The predicted octanol–water partition coefficient (Wildman–Crippen LogP) is 1.36. The molecule has 7 heteroatoms. The second kappa shape index (κ2) is 6.48. The molecule has 2 fully saturated rings. The zero-order valence-corrected chi connectivity index (χ0v) is 13.0. The minimum atomic E-state index is -1.08. The van der Waals surface area contributed by atoms with E-state index in [4.69, 9.17) is 24.1 Å². The van der Waals surface area contributed by atoms with Gasteiger partial charge in [0.05, 0.1) is 18.8 Å². The number of carboxylic acid groups (broad SMARTS) is 1. The Morgan fingerprint density at radius 2 is 1.95 bits per heavy atom. The Kier molecular flexibility index (Phi) is 5.08. The Bertz CT molecular complexity index is 374. The van der Waals surface area contributed by atoms with Gasteiger partial charge in [0.2, 0.25) is 0 Å². The van der Waals surface area contributed by atoms with Gasteiger partial charge in [-0.3, -0.25) is 0 Å². The molecule has 7 nitrogen and oxygen atoms in total. The summed E-state index contributed by atoms with van der Waals surface area (Å²) < 4.78 is 23.1.